The van der Waals surface area contributed by atoms with Gasteiger partial charge in [0, 0.05) is 6.54 Å². The van der Waals surface area contributed by atoms with Gasteiger partial charge in [0.15, 0.2) is 6.10 Å². The molecule has 2 aromatic carbocycles. The Labute approximate surface area is 158 Å². The van der Waals surface area contributed by atoms with Gasteiger partial charge in [-0.3, -0.25) is 4.79 Å². The van der Waals surface area contributed by atoms with Gasteiger partial charge >= 0.3 is 5.97 Å². The molecule has 0 radical (unpaired) electrons. The highest BCUT2D eigenvalue weighted by atomic mass is 19.1. The first-order valence-electron chi connectivity index (χ1n) is 8.79. The van der Waals surface area contributed by atoms with E-state index in [1.807, 2.05) is 13.8 Å². The Morgan fingerprint density at radius 1 is 0.963 bits per heavy atom. The van der Waals surface area contributed by atoms with Crippen molar-refractivity contribution >= 4 is 11.9 Å². The van der Waals surface area contributed by atoms with Crippen LogP contribution in [0.25, 0.3) is 0 Å². The van der Waals surface area contributed by atoms with E-state index in [-0.39, 0.29) is 18.5 Å². The third kappa shape index (κ3) is 6.83. The molecule has 0 aliphatic heterocycles. The molecule has 0 spiro atoms. The van der Waals surface area contributed by atoms with Gasteiger partial charge in [0.1, 0.15) is 5.82 Å². The lowest BCUT2D eigenvalue weighted by Crippen LogP contribution is -2.35. The largest absolute Gasteiger partial charge is 0.449 e. The van der Waals surface area contributed by atoms with Gasteiger partial charge in [-0.25, -0.2) is 9.18 Å². The molecule has 144 valence electrons. The van der Waals surface area contributed by atoms with Gasteiger partial charge in [0.2, 0.25) is 0 Å². The standard InChI is InChI=1S/C21H24FNO4/c1-14(2)26-13-17-4-8-18(9-5-17)21(25)27-15(3)20(24)23-12-16-6-10-19(22)11-7-16/h4-11,14-15H,12-13H2,1-3H3,(H,23,24)/t15-/m0/s1. The van der Waals surface area contributed by atoms with E-state index in [2.05, 4.69) is 5.32 Å². The molecule has 27 heavy (non-hydrogen) atoms. The number of benzene rings is 2. The highest BCUT2D eigenvalue weighted by Crippen LogP contribution is 2.10. The number of esters is 1. The second-order valence-electron chi connectivity index (χ2n) is 6.45. The summed E-state index contributed by atoms with van der Waals surface area (Å²) in [5.74, 6) is -1.33. The van der Waals surface area contributed by atoms with Crippen LogP contribution in [-0.2, 0) is 27.4 Å². The molecule has 0 aliphatic carbocycles. The molecule has 0 saturated heterocycles. The van der Waals surface area contributed by atoms with E-state index >= 15 is 0 Å². The second kappa shape index (κ2) is 9.83. The number of hydrogen-bond donors (Lipinski definition) is 1. The highest BCUT2D eigenvalue weighted by Gasteiger charge is 2.18. The number of carbonyl (C=O) groups is 2. The molecule has 1 N–H and O–H groups in total. The van der Waals surface area contributed by atoms with Crippen molar-refractivity contribution in [1.29, 1.82) is 0 Å². The van der Waals surface area contributed by atoms with E-state index in [0.717, 1.165) is 11.1 Å². The van der Waals surface area contributed by atoms with Crippen LogP contribution in [0.2, 0.25) is 0 Å². The zero-order valence-corrected chi connectivity index (χ0v) is 15.7. The van der Waals surface area contributed by atoms with Crippen LogP contribution in [-0.4, -0.2) is 24.1 Å². The molecule has 0 bridgehead atoms. The summed E-state index contributed by atoms with van der Waals surface area (Å²) in [6.45, 7) is 6.10. The lowest BCUT2D eigenvalue weighted by molar-refractivity contribution is -0.129. The molecule has 2 aromatic rings. The minimum absolute atomic E-state index is 0.129. The minimum atomic E-state index is -0.943. The Kier molecular flexibility index (Phi) is 7.49. The summed E-state index contributed by atoms with van der Waals surface area (Å²) in [5, 5.41) is 2.66. The van der Waals surface area contributed by atoms with E-state index in [0.29, 0.717) is 12.2 Å². The van der Waals surface area contributed by atoms with Crippen molar-refractivity contribution in [2.24, 2.45) is 0 Å². The molecule has 5 nitrogen and oxygen atoms in total. The van der Waals surface area contributed by atoms with Crippen molar-refractivity contribution in [1.82, 2.24) is 5.32 Å². The van der Waals surface area contributed by atoms with Crippen LogP contribution in [0.15, 0.2) is 48.5 Å². The van der Waals surface area contributed by atoms with Crippen LogP contribution in [0.1, 0.15) is 42.3 Å². The van der Waals surface area contributed by atoms with Gasteiger partial charge in [0.25, 0.3) is 5.91 Å². The molecule has 1 amide bonds. The van der Waals surface area contributed by atoms with Gasteiger partial charge in [-0.2, -0.15) is 0 Å². The zero-order valence-electron chi connectivity index (χ0n) is 15.7. The van der Waals surface area contributed by atoms with Crippen molar-refractivity contribution in [2.75, 3.05) is 0 Å². The molecular formula is C21H24FNO4. The van der Waals surface area contributed by atoms with Crippen molar-refractivity contribution < 1.29 is 23.5 Å². The second-order valence-corrected chi connectivity index (χ2v) is 6.45. The van der Waals surface area contributed by atoms with Crippen LogP contribution in [0, 0.1) is 5.82 Å². The summed E-state index contributed by atoms with van der Waals surface area (Å²) in [5.41, 5.74) is 2.06. The van der Waals surface area contributed by atoms with Crippen molar-refractivity contribution in [3.05, 3.63) is 71.0 Å². The fraction of sp³-hybridized carbons (Fsp3) is 0.333. The summed E-state index contributed by atoms with van der Waals surface area (Å²) >= 11 is 0. The van der Waals surface area contributed by atoms with Crippen LogP contribution < -0.4 is 5.32 Å². The van der Waals surface area contributed by atoms with Crippen LogP contribution >= 0.6 is 0 Å². The van der Waals surface area contributed by atoms with E-state index in [1.54, 1.807) is 36.4 Å². The summed E-state index contributed by atoms with van der Waals surface area (Å²) in [6.07, 6.45) is -0.814. The van der Waals surface area contributed by atoms with Gasteiger partial charge < -0.3 is 14.8 Å². The quantitative estimate of drug-likeness (QED) is 0.718. The third-order valence-corrected chi connectivity index (χ3v) is 3.81. The topological polar surface area (TPSA) is 64.6 Å². The Balaban J connectivity index is 1.83. The average Bonchev–Trinajstić information content (AvgIpc) is 2.65. The first-order chi connectivity index (χ1) is 12.8. The fourth-order valence-corrected chi connectivity index (χ4v) is 2.22. The van der Waals surface area contributed by atoms with Crippen molar-refractivity contribution in [2.45, 2.75) is 46.1 Å². The monoisotopic (exact) mass is 373 g/mol. The first-order valence-corrected chi connectivity index (χ1v) is 8.79. The van der Waals surface area contributed by atoms with Crippen LogP contribution in [0.3, 0.4) is 0 Å². The Bertz CT molecular complexity index is 757. The highest BCUT2D eigenvalue weighted by molar-refractivity contribution is 5.92. The van der Waals surface area contributed by atoms with E-state index in [4.69, 9.17) is 9.47 Å². The minimum Gasteiger partial charge on any atom is -0.449 e. The summed E-state index contributed by atoms with van der Waals surface area (Å²) in [4.78, 5) is 24.2. The number of nitrogens with one attached hydrogen (secondary N) is 1. The molecule has 0 aromatic heterocycles. The molecule has 6 heteroatoms. The molecule has 2 rings (SSSR count). The van der Waals surface area contributed by atoms with E-state index < -0.39 is 18.0 Å². The number of amides is 1. The maximum absolute atomic E-state index is 12.9. The Hall–Kier alpha value is -2.73. The van der Waals surface area contributed by atoms with Gasteiger partial charge in [-0.15, -0.1) is 0 Å². The maximum atomic E-state index is 12.9. The van der Waals surface area contributed by atoms with Gasteiger partial charge in [0.05, 0.1) is 18.3 Å². The smallest absolute Gasteiger partial charge is 0.338 e. The van der Waals surface area contributed by atoms with Crippen molar-refractivity contribution in [3.63, 3.8) is 0 Å². The maximum Gasteiger partial charge on any atom is 0.338 e. The van der Waals surface area contributed by atoms with Crippen LogP contribution in [0.5, 0.6) is 0 Å². The third-order valence-electron chi connectivity index (χ3n) is 3.81. The Morgan fingerprint density at radius 2 is 1.56 bits per heavy atom. The van der Waals surface area contributed by atoms with E-state index in [9.17, 15) is 14.0 Å². The molecular weight excluding hydrogens is 349 g/mol. The number of rotatable bonds is 8. The molecule has 0 saturated carbocycles. The summed E-state index contributed by atoms with van der Waals surface area (Å²) in [7, 11) is 0. The van der Waals surface area contributed by atoms with E-state index in [1.165, 1.54) is 19.1 Å². The summed E-state index contributed by atoms with van der Waals surface area (Å²) in [6, 6.07) is 12.7. The molecule has 0 fully saturated rings. The lowest BCUT2D eigenvalue weighted by atomic mass is 10.1. The van der Waals surface area contributed by atoms with Crippen LogP contribution in [0.4, 0.5) is 4.39 Å². The molecule has 0 unspecified atom stereocenters. The SMILES string of the molecule is CC(C)OCc1ccc(C(=O)O[C@@H](C)C(=O)NCc2ccc(F)cc2)cc1. The lowest BCUT2D eigenvalue weighted by Gasteiger charge is -2.14. The predicted octanol–water partition coefficient (Wildman–Crippen LogP) is 3.61. The number of hydrogen-bond acceptors (Lipinski definition) is 4. The molecule has 1 atom stereocenters. The average molecular weight is 373 g/mol. The molecule has 0 aliphatic rings. The number of ether oxygens (including phenoxy) is 2. The van der Waals surface area contributed by atoms with Crippen molar-refractivity contribution in [3.8, 4) is 0 Å². The van der Waals surface area contributed by atoms with Gasteiger partial charge in [-0.05, 0) is 56.2 Å². The molecule has 0 heterocycles. The zero-order chi connectivity index (χ0) is 19.8. The normalized spacial score (nSPS) is 11.9. The predicted molar refractivity (Wildman–Crippen MR) is 99.5 cm³/mol. The fourth-order valence-electron chi connectivity index (χ4n) is 2.22. The number of halogens is 1. The summed E-state index contributed by atoms with van der Waals surface area (Å²) < 4.78 is 23.6. The van der Waals surface area contributed by atoms with Gasteiger partial charge in [-0.1, -0.05) is 24.3 Å². The first kappa shape index (κ1) is 20.6. The Morgan fingerprint density at radius 3 is 2.15 bits per heavy atom. The number of carbonyl (C=O) groups excluding carboxylic acids is 2.